The number of ether oxygens (including phenoxy) is 3. The molecule has 0 fully saturated rings. The van der Waals surface area contributed by atoms with Crippen molar-refractivity contribution in [1.29, 1.82) is 0 Å². The molecule has 3 rings (SSSR count). The molecule has 9 nitrogen and oxygen atoms in total. The number of carbonyl (C=O) groups is 2. The molecule has 10 heteroatoms. The first kappa shape index (κ1) is 23.6. The van der Waals surface area contributed by atoms with Crippen LogP contribution in [0.1, 0.15) is 20.7 Å². The number of esters is 1. The van der Waals surface area contributed by atoms with Gasteiger partial charge in [0.05, 0.1) is 26.9 Å². The van der Waals surface area contributed by atoms with E-state index in [1.54, 1.807) is 24.3 Å². The molecular formula is C23H22N2O7S. The van der Waals surface area contributed by atoms with Crippen molar-refractivity contribution in [3.8, 4) is 11.5 Å². The number of nitrogens with one attached hydrogen (secondary N) is 2. The predicted molar refractivity (Wildman–Crippen MR) is 123 cm³/mol. The van der Waals surface area contributed by atoms with E-state index in [9.17, 15) is 18.0 Å². The van der Waals surface area contributed by atoms with Crippen LogP contribution >= 0.6 is 0 Å². The Morgan fingerprint density at radius 3 is 1.94 bits per heavy atom. The van der Waals surface area contributed by atoms with Crippen LogP contribution in [0.4, 0.5) is 11.4 Å². The van der Waals surface area contributed by atoms with Crippen LogP contribution in [0.5, 0.6) is 11.5 Å². The molecular weight excluding hydrogens is 448 g/mol. The van der Waals surface area contributed by atoms with Gasteiger partial charge in [-0.15, -0.1) is 0 Å². The van der Waals surface area contributed by atoms with Gasteiger partial charge < -0.3 is 19.5 Å². The molecule has 0 spiro atoms. The highest BCUT2D eigenvalue weighted by atomic mass is 32.2. The van der Waals surface area contributed by atoms with Gasteiger partial charge in [0, 0.05) is 16.9 Å². The van der Waals surface area contributed by atoms with Gasteiger partial charge >= 0.3 is 5.97 Å². The second-order valence-corrected chi connectivity index (χ2v) is 8.37. The lowest BCUT2D eigenvalue weighted by atomic mass is 10.1. The lowest BCUT2D eigenvalue weighted by Crippen LogP contribution is -2.16. The van der Waals surface area contributed by atoms with Gasteiger partial charge in [0.1, 0.15) is 16.4 Å². The van der Waals surface area contributed by atoms with Gasteiger partial charge in [0.2, 0.25) is 0 Å². The monoisotopic (exact) mass is 470 g/mol. The molecule has 3 aromatic carbocycles. The molecule has 0 atom stereocenters. The average molecular weight is 471 g/mol. The maximum atomic E-state index is 13.0. The van der Waals surface area contributed by atoms with Crippen LogP contribution in [-0.4, -0.2) is 41.6 Å². The normalized spacial score (nSPS) is 10.8. The average Bonchev–Trinajstić information content (AvgIpc) is 2.83. The molecule has 0 heterocycles. The molecule has 0 radical (unpaired) electrons. The first-order valence-corrected chi connectivity index (χ1v) is 11.1. The minimum absolute atomic E-state index is 0.108. The number of benzene rings is 3. The van der Waals surface area contributed by atoms with Crippen molar-refractivity contribution in [2.75, 3.05) is 31.4 Å². The zero-order chi connectivity index (χ0) is 24.0. The molecule has 172 valence electrons. The fourth-order valence-electron chi connectivity index (χ4n) is 2.91. The maximum Gasteiger partial charge on any atom is 0.337 e. The highest BCUT2D eigenvalue weighted by Crippen LogP contribution is 2.29. The Labute approximate surface area is 191 Å². The standard InChI is InChI=1S/C23H22N2O7S/c1-30-19-11-8-17(9-12-19)25-33(28,29)21-14-18(10-13-20(21)31-2)24-22(26)15-4-6-16(7-5-15)23(27)32-3/h4-14,25H,1-3H3,(H,24,26). The minimum Gasteiger partial charge on any atom is -0.497 e. The summed E-state index contributed by atoms with van der Waals surface area (Å²) in [6.45, 7) is 0. The van der Waals surface area contributed by atoms with E-state index in [0.717, 1.165) is 0 Å². The predicted octanol–water partition coefficient (Wildman–Crippen LogP) is 3.54. The quantitative estimate of drug-likeness (QED) is 0.483. The third-order valence-corrected chi connectivity index (χ3v) is 6.02. The summed E-state index contributed by atoms with van der Waals surface area (Å²) >= 11 is 0. The van der Waals surface area contributed by atoms with E-state index in [1.807, 2.05) is 0 Å². The summed E-state index contributed by atoms with van der Waals surface area (Å²) in [5, 5.41) is 2.64. The van der Waals surface area contributed by atoms with Crippen molar-refractivity contribution in [1.82, 2.24) is 0 Å². The fraction of sp³-hybridized carbons (Fsp3) is 0.130. The van der Waals surface area contributed by atoms with Gasteiger partial charge in [0.15, 0.2) is 0 Å². The van der Waals surface area contributed by atoms with Gasteiger partial charge in [0.25, 0.3) is 15.9 Å². The molecule has 0 saturated heterocycles. The first-order chi connectivity index (χ1) is 15.8. The summed E-state index contributed by atoms with van der Waals surface area (Å²) in [6.07, 6.45) is 0. The highest BCUT2D eigenvalue weighted by Gasteiger charge is 2.21. The molecule has 1 amide bonds. The third kappa shape index (κ3) is 5.60. The minimum atomic E-state index is -4.04. The summed E-state index contributed by atoms with van der Waals surface area (Å²) in [5.74, 6) is -0.310. The molecule has 0 aliphatic heterocycles. The van der Waals surface area contributed by atoms with E-state index in [2.05, 4.69) is 14.8 Å². The number of methoxy groups -OCH3 is 3. The van der Waals surface area contributed by atoms with E-state index >= 15 is 0 Å². The Hall–Kier alpha value is -4.05. The van der Waals surface area contributed by atoms with Gasteiger partial charge in [-0.05, 0) is 66.7 Å². The van der Waals surface area contributed by atoms with Crippen molar-refractivity contribution in [2.45, 2.75) is 4.90 Å². The summed E-state index contributed by atoms with van der Waals surface area (Å²) in [4.78, 5) is 24.0. The molecule has 0 aromatic heterocycles. The Bertz CT molecular complexity index is 1250. The Morgan fingerprint density at radius 1 is 0.758 bits per heavy atom. The maximum absolute atomic E-state index is 13.0. The molecule has 0 unspecified atom stereocenters. The summed E-state index contributed by atoms with van der Waals surface area (Å²) in [5.41, 5.74) is 1.15. The number of hydrogen-bond donors (Lipinski definition) is 2. The third-order valence-electron chi connectivity index (χ3n) is 4.62. The summed E-state index contributed by atoms with van der Waals surface area (Å²) < 4.78 is 43.4. The first-order valence-electron chi connectivity index (χ1n) is 9.62. The van der Waals surface area contributed by atoms with Gasteiger partial charge in [-0.1, -0.05) is 0 Å². The number of sulfonamides is 1. The van der Waals surface area contributed by atoms with Gasteiger partial charge in [-0.3, -0.25) is 9.52 Å². The molecule has 2 N–H and O–H groups in total. The van der Waals surface area contributed by atoms with Crippen LogP contribution in [0.2, 0.25) is 0 Å². The number of anilines is 2. The second kappa shape index (κ2) is 10.0. The molecule has 0 aliphatic rings. The van der Waals surface area contributed by atoms with Gasteiger partial charge in [-0.2, -0.15) is 0 Å². The SMILES string of the molecule is COC(=O)c1ccc(C(=O)Nc2ccc(OC)c(S(=O)(=O)Nc3ccc(OC)cc3)c2)cc1. The number of amides is 1. The van der Waals surface area contributed by atoms with Crippen LogP contribution < -0.4 is 19.5 Å². The Balaban J connectivity index is 1.83. The van der Waals surface area contributed by atoms with Crippen molar-refractivity contribution >= 4 is 33.3 Å². The lowest BCUT2D eigenvalue weighted by molar-refractivity contribution is 0.0600. The van der Waals surface area contributed by atoms with Crippen LogP contribution in [0.25, 0.3) is 0 Å². The fourth-order valence-corrected chi connectivity index (χ4v) is 4.17. The Morgan fingerprint density at radius 2 is 1.36 bits per heavy atom. The van der Waals surface area contributed by atoms with Crippen LogP contribution in [0.3, 0.4) is 0 Å². The molecule has 33 heavy (non-hydrogen) atoms. The second-order valence-electron chi connectivity index (χ2n) is 6.72. The topological polar surface area (TPSA) is 120 Å². The highest BCUT2D eigenvalue weighted by molar-refractivity contribution is 7.92. The van der Waals surface area contributed by atoms with E-state index in [0.29, 0.717) is 17.0 Å². The van der Waals surface area contributed by atoms with E-state index in [-0.39, 0.29) is 21.9 Å². The van der Waals surface area contributed by atoms with Crippen LogP contribution in [0.15, 0.2) is 71.6 Å². The van der Waals surface area contributed by atoms with Gasteiger partial charge in [-0.25, -0.2) is 13.2 Å². The van der Waals surface area contributed by atoms with Crippen molar-refractivity contribution in [3.63, 3.8) is 0 Å². The number of hydrogen-bond acceptors (Lipinski definition) is 7. The summed E-state index contributed by atoms with van der Waals surface area (Å²) in [7, 11) is 0.0918. The van der Waals surface area contributed by atoms with Crippen LogP contribution in [0, 0.1) is 0 Å². The Kier molecular flexibility index (Phi) is 7.19. The zero-order valence-electron chi connectivity index (χ0n) is 18.1. The smallest absolute Gasteiger partial charge is 0.337 e. The molecule has 3 aromatic rings. The van der Waals surface area contributed by atoms with E-state index in [4.69, 9.17) is 9.47 Å². The van der Waals surface area contributed by atoms with Crippen molar-refractivity contribution in [3.05, 3.63) is 77.9 Å². The molecule has 0 aliphatic carbocycles. The summed E-state index contributed by atoms with van der Waals surface area (Å²) in [6, 6.07) is 16.5. The van der Waals surface area contributed by atoms with E-state index in [1.165, 1.54) is 63.8 Å². The zero-order valence-corrected chi connectivity index (χ0v) is 18.9. The van der Waals surface area contributed by atoms with E-state index < -0.39 is 21.9 Å². The number of carbonyl (C=O) groups excluding carboxylic acids is 2. The van der Waals surface area contributed by atoms with Crippen molar-refractivity contribution < 1.29 is 32.2 Å². The molecule has 0 saturated carbocycles. The molecule has 0 bridgehead atoms. The largest absolute Gasteiger partial charge is 0.497 e. The van der Waals surface area contributed by atoms with Crippen molar-refractivity contribution in [2.24, 2.45) is 0 Å². The number of rotatable bonds is 8. The van der Waals surface area contributed by atoms with Crippen LogP contribution in [-0.2, 0) is 14.8 Å². The lowest BCUT2D eigenvalue weighted by Gasteiger charge is -2.14.